The average molecular weight is 223 g/mol. The SMILES string of the molecule is CC1=CCc2nc(-c3ccccn3)ccc2N1. The standard InChI is InChI=1S/C14H13N3/c1-10-5-6-14-13(16-10)8-7-12(17-14)11-4-2-3-9-15-11/h2-5,7-9,16H,6H2,1H3. The van der Waals surface area contributed by atoms with E-state index in [2.05, 4.69) is 34.4 Å². The van der Waals surface area contributed by atoms with Crippen LogP contribution in [0.2, 0.25) is 0 Å². The Balaban J connectivity index is 2.02. The zero-order valence-electron chi connectivity index (χ0n) is 9.64. The molecule has 0 aliphatic carbocycles. The van der Waals surface area contributed by atoms with E-state index >= 15 is 0 Å². The van der Waals surface area contributed by atoms with Crippen molar-refractivity contribution in [2.45, 2.75) is 13.3 Å². The minimum atomic E-state index is 0.884. The molecular weight excluding hydrogens is 210 g/mol. The second kappa shape index (κ2) is 4.01. The Morgan fingerprint density at radius 2 is 2.06 bits per heavy atom. The van der Waals surface area contributed by atoms with Crippen molar-refractivity contribution in [3.63, 3.8) is 0 Å². The Morgan fingerprint density at radius 3 is 2.88 bits per heavy atom. The number of pyridine rings is 2. The van der Waals surface area contributed by atoms with Crippen molar-refractivity contribution in [1.29, 1.82) is 0 Å². The Bertz CT molecular complexity index is 573. The maximum absolute atomic E-state index is 4.65. The van der Waals surface area contributed by atoms with Gasteiger partial charge in [-0.2, -0.15) is 0 Å². The summed E-state index contributed by atoms with van der Waals surface area (Å²) >= 11 is 0. The predicted molar refractivity (Wildman–Crippen MR) is 68.6 cm³/mol. The number of nitrogens with one attached hydrogen (secondary N) is 1. The molecule has 2 aromatic rings. The van der Waals surface area contributed by atoms with Crippen LogP contribution in [0.3, 0.4) is 0 Å². The molecule has 0 unspecified atom stereocenters. The molecule has 84 valence electrons. The molecule has 1 aliphatic rings. The van der Waals surface area contributed by atoms with E-state index in [-0.39, 0.29) is 0 Å². The van der Waals surface area contributed by atoms with Crippen LogP contribution in [0.5, 0.6) is 0 Å². The lowest BCUT2D eigenvalue weighted by atomic mass is 10.1. The van der Waals surface area contributed by atoms with Crippen molar-refractivity contribution in [3.05, 3.63) is 54.0 Å². The fourth-order valence-electron chi connectivity index (χ4n) is 1.94. The Kier molecular flexibility index (Phi) is 2.37. The molecule has 0 spiro atoms. The van der Waals surface area contributed by atoms with Crippen molar-refractivity contribution in [2.75, 3.05) is 5.32 Å². The highest BCUT2D eigenvalue weighted by Gasteiger charge is 2.10. The van der Waals surface area contributed by atoms with Crippen LogP contribution in [-0.2, 0) is 6.42 Å². The molecule has 1 N–H and O–H groups in total. The van der Waals surface area contributed by atoms with Gasteiger partial charge in [0.1, 0.15) is 0 Å². The lowest BCUT2D eigenvalue weighted by Gasteiger charge is -2.16. The zero-order valence-corrected chi connectivity index (χ0v) is 9.64. The van der Waals surface area contributed by atoms with Crippen LogP contribution in [0, 0.1) is 0 Å². The summed E-state index contributed by atoms with van der Waals surface area (Å²) in [7, 11) is 0. The third kappa shape index (κ3) is 1.91. The first-order valence-electron chi connectivity index (χ1n) is 5.68. The van der Waals surface area contributed by atoms with Crippen molar-refractivity contribution in [3.8, 4) is 11.4 Å². The molecule has 3 nitrogen and oxygen atoms in total. The summed E-state index contributed by atoms with van der Waals surface area (Å²) in [6.45, 7) is 2.07. The molecule has 3 rings (SSSR count). The largest absolute Gasteiger partial charge is 0.358 e. The summed E-state index contributed by atoms with van der Waals surface area (Å²) in [5.41, 5.74) is 5.22. The highest BCUT2D eigenvalue weighted by Crippen LogP contribution is 2.24. The molecule has 0 aromatic carbocycles. The third-order valence-corrected chi connectivity index (χ3v) is 2.83. The molecule has 0 saturated heterocycles. The molecule has 0 saturated carbocycles. The molecule has 0 radical (unpaired) electrons. The smallest absolute Gasteiger partial charge is 0.0891 e. The minimum absolute atomic E-state index is 0.884. The van der Waals surface area contributed by atoms with Crippen molar-refractivity contribution < 1.29 is 0 Å². The Morgan fingerprint density at radius 1 is 1.12 bits per heavy atom. The molecule has 0 bridgehead atoms. The monoisotopic (exact) mass is 223 g/mol. The number of anilines is 1. The number of fused-ring (bicyclic) bond motifs is 1. The van der Waals surface area contributed by atoms with Crippen LogP contribution < -0.4 is 5.32 Å². The summed E-state index contributed by atoms with van der Waals surface area (Å²) in [4.78, 5) is 8.96. The summed E-state index contributed by atoms with van der Waals surface area (Å²) in [5, 5.41) is 3.32. The highest BCUT2D eigenvalue weighted by molar-refractivity contribution is 5.62. The summed E-state index contributed by atoms with van der Waals surface area (Å²) in [5.74, 6) is 0. The van der Waals surface area contributed by atoms with Gasteiger partial charge in [-0.25, -0.2) is 4.98 Å². The highest BCUT2D eigenvalue weighted by atomic mass is 14.9. The van der Waals surface area contributed by atoms with Crippen LogP contribution in [0.15, 0.2) is 48.3 Å². The normalized spacial score (nSPS) is 13.6. The van der Waals surface area contributed by atoms with Crippen LogP contribution in [0.1, 0.15) is 12.6 Å². The van der Waals surface area contributed by atoms with Crippen LogP contribution in [0.4, 0.5) is 5.69 Å². The van der Waals surface area contributed by atoms with Crippen molar-refractivity contribution in [2.24, 2.45) is 0 Å². The molecule has 0 fully saturated rings. The van der Waals surface area contributed by atoms with Crippen LogP contribution >= 0.6 is 0 Å². The van der Waals surface area contributed by atoms with E-state index in [1.807, 2.05) is 24.3 Å². The van der Waals surface area contributed by atoms with Gasteiger partial charge in [0, 0.05) is 18.3 Å². The maximum atomic E-state index is 4.65. The van der Waals surface area contributed by atoms with Gasteiger partial charge < -0.3 is 5.32 Å². The maximum Gasteiger partial charge on any atom is 0.0891 e. The first kappa shape index (κ1) is 10.0. The predicted octanol–water partition coefficient (Wildman–Crippen LogP) is 3.02. The van der Waals surface area contributed by atoms with Gasteiger partial charge in [0.2, 0.25) is 0 Å². The molecular formula is C14H13N3. The summed E-state index contributed by atoms with van der Waals surface area (Å²) < 4.78 is 0. The quantitative estimate of drug-likeness (QED) is 0.807. The molecule has 2 aromatic heterocycles. The molecule has 3 heteroatoms. The number of nitrogens with zero attached hydrogens (tertiary/aromatic N) is 2. The average Bonchev–Trinajstić information content (AvgIpc) is 2.39. The van der Waals surface area contributed by atoms with Gasteiger partial charge in [-0.1, -0.05) is 12.1 Å². The van der Waals surface area contributed by atoms with Gasteiger partial charge in [0.05, 0.1) is 22.8 Å². The van der Waals surface area contributed by atoms with Gasteiger partial charge in [0.15, 0.2) is 0 Å². The van der Waals surface area contributed by atoms with E-state index in [1.54, 1.807) is 6.20 Å². The van der Waals surface area contributed by atoms with E-state index in [1.165, 1.54) is 5.70 Å². The second-order valence-electron chi connectivity index (χ2n) is 4.12. The fraction of sp³-hybridized carbons (Fsp3) is 0.143. The van der Waals surface area contributed by atoms with Gasteiger partial charge in [-0.15, -0.1) is 0 Å². The van der Waals surface area contributed by atoms with E-state index in [4.69, 9.17) is 0 Å². The number of hydrogen-bond acceptors (Lipinski definition) is 3. The number of hydrogen-bond donors (Lipinski definition) is 1. The number of rotatable bonds is 1. The molecule has 3 heterocycles. The fourth-order valence-corrected chi connectivity index (χ4v) is 1.94. The number of aromatic nitrogens is 2. The van der Waals surface area contributed by atoms with Gasteiger partial charge >= 0.3 is 0 Å². The number of allylic oxidation sites excluding steroid dienone is 2. The molecule has 1 aliphatic heterocycles. The van der Waals surface area contributed by atoms with Gasteiger partial charge in [-0.05, 0) is 31.2 Å². The van der Waals surface area contributed by atoms with Crippen LogP contribution in [-0.4, -0.2) is 9.97 Å². The van der Waals surface area contributed by atoms with Crippen LogP contribution in [0.25, 0.3) is 11.4 Å². The van der Waals surface area contributed by atoms with E-state index in [0.717, 1.165) is 29.2 Å². The van der Waals surface area contributed by atoms with E-state index in [9.17, 15) is 0 Å². The third-order valence-electron chi connectivity index (χ3n) is 2.83. The first-order chi connectivity index (χ1) is 8.33. The lowest BCUT2D eigenvalue weighted by molar-refractivity contribution is 1.06. The molecule has 17 heavy (non-hydrogen) atoms. The van der Waals surface area contributed by atoms with Crippen molar-refractivity contribution >= 4 is 5.69 Å². The summed E-state index contributed by atoms with van der Waals surface area (Å²) in [6, 6.07) is 9.95. The van der Waals surface area contributed by atoms with Crippen molar-refractivity contribution in [1.82, 2.24) is 9.97 Å². The first-order valence-corrected chi connectivity index (χ1v) is 5.68. The molecule has 0 amide bonds. The van der Waals surface area contributed by atoms with E-state index < -0.39 is 0 Å². The van der Waals surface area contributed by atoms with E-state index in [0.29, 0.717) is 0 Å². The van der Waals surface area contributed by atoms with Gasteiger partial charge in [-0.3, -0.25) is 4.98 Å². The Hall–Kier alpha value is -2.16. The lowest BCUT2D eigenvalue weighted by Crippen LogP contribution is -2.07. The minimum Gasteiger partial charge on any atom is -0.358 e. The summed E-state index contributed by atoms with van der Waals surface area (Å²) in [6.07, 6.45) is 4.82. The van der Waals surface area contributed by atoms with Gasteiger partial charge in [0.25, 0.3) is 0 Å². The Labute approximate surface area is 100 Å². The topological polar surface area (TPSA) is 37.8 Å². The zero-order chi connectivity index (χ0) is 11.7. The molecule has 0 atom stereocenters. The second-order valence-corrected chi connectivity index (χ2v) is 4.12.